The molecule has 1 aromatic heterocycles. The van der Waals surface area contributed by atoms with E-state index >= 15 is 0 Å². The highest BCUT2D eigenvalue weighted by molar-refractivity contribution is 6.06. The van der Waals surface area contributed by atoms with Gasteiger partial charge in [0, 0.05) is 18.8 Å². The summed E-state index contributed by atoms with van der Waals surface area (Å²) in [7, 11) is 0. The molecule has 0 aliphatic rings. The van der Waals surface area contributed by atoms with Gasteiger partial charge in [-0.15, -0.1) is 0 Å². The largest absolute Gasteiger partial charge is 0.434 e. The maximum absolute atomic E-state index is 13.2. The predicted octanol–water partition coefficient (Wildman–Crippen LogP) is 2.95. The number of halogens is 4. The molecule has 32 heavy (non-hydrogen) atoms. The van der Waals surface area contributed by atoms with Gasteiger partial charge in [0.15, 0.2) is 11.7 Å². The van der Waals surface area contributed by atoms with Crippen LogP contribution in [0.3, 0.4) is 0 Å². The monoisotopic (exact) mass is 454 g/mol. The Hall–Kier alpha value is -3.05. The third-order valence-electron chi connectivity index (χ3n) is 4.30. The lowest BCUT2D eigenvalue weighted by atomic mass is 10.0. The highest BCUT2D eigenvalue weighted by atomic mass is 19.4. The number of alkyl halides is 3. The third kappa shape index (κ3) is 7.57. The molecule has 2 atom stereocenters. The van der Waals surface area contributed by atoms with Gasteiger partial charge in [-0.3, -0.25) is 20.1 Å². The third-order valence-corrected chi connectivity index (χ3v) is 4.30. The number of amides is 1. The maximum Gasteiger partial charge on any atom is 0.434 e. The van der Waals surface area contributed by atoms with Crippen molar-refractivity contribution in [3.8, 4) is 0 Å². The second-order valence-corrected chi connectivity index (χ2v) is 7.58. The van der Waals surface area contributed by atoms with Crippen molar-refractivity contribution in [2.75, 3.05) is 6.54 Å². The number of nitrogens with two attached hydrogens (primary N) is 2. The van der Waals surface area contributed by atoms with Gasteiger partial charge in [0.05, 0.1) is 11.7 Å². The zero-order valence-corrected chi connectivity index (χ0v) is 17.7. The van der Waals surface area contributed by atoms with Crippen molar-refractivity contribution >= 4 is 11.9 Å². The number of hydrogen-bond donors (Lipinski definition) is 4. The van der Waals surface area contributed by atoms with E-state index in [0.29, 0.717) is 12.1 Å². The number of aromatic nitrogens is 1. The molecular weight excluding hydrogens is 428 g/mol. The molecule has 6 N–H and O–H groups in total. The van der Waals surface area contributed by atoms with Crippen molar-refractivity contribution in [1.82, 2.24) is 15.6 Å². The van der Waals surface area contributed by atoms with Gasteiger partial charge in [-0.25, -0.2) is 4.39 Å². The predicted molar refractivity (Wildman–Crippen MR) is 113 cm³/mol. The van der Waals surface area contributed by atoms with Crippen LogP contribution in [0.15, 0.2) is 47.6 Å². The molecule has 0 aliphatic carbocycles. The molecule has 2 unspecified atom stereocenters. The van der Waals surface area contributed by atoms with Gasteiger partial charge in [-0.05, 0) is 42.2 Å². The molecule has 1 heterocycles. The number of nitrogens with one attached hydrogen (secondary N) is 2. The Morgan fingerprint density at radius 2 is 1.81 bits per heavy atom. The molecule has 0 fully saturated rings. The summed E-state index contributed by atoms with van der Waals surface area (Å²) in [5.41, 5.74) is 10.9. The van der Waals surface area contributed by atoms with Crippen molar-refractivity contribution in [3.05, 3.63) is 65.2 Å². The first kappa shape index (κ1) is 25.2. The molecule has 1 amide bonds. The summed E-state index contributed by atoms with van der Waals surface area (Å²) in [6.07, 6.45) is -4.45. The van der Waals surface area contributed by atoms with Crippen LogP contribution >= 0.6 is 0 Å². The van der Waals surface area contributed by atoms with Gasteiger partial charge in [0.25, 0.3) is 5.91 Å². The average Bonchev–Trinajstić information content (AvgIpc) is 2.71. The fourth-order valence-electron chi connectivity index (χ4n) is 2.74. The highest BCUT2D eigenvalue weighted by Crippen LogP contribution is 2.29. The minimum absolute atomic E-state index is 0.0838. The molecule has 174 valence electrons. The van der Waals surface area contributed by atoms with Crippen molar-refractivity contribution < 1.29 is 22.4 Å². The summed E-state index contributed by atoms with van der Waals surface area (Å²) in [5.74, 6) is -1.40. The zero-order valence-electron chi connectivity index (χ0n) is 17.7. The Morgan fingerprint density at radius 1 is 1.16 bits per heavy atom. The topological polar surface area (TPSA) is 118 Å². The smallest absolute Gasteiger partial charge is 0.341 e. The fourth-order valence-corrected chi connectivity index (χ4v) is 2.74. The van der Waals surface area contributed by atoms with Crippen LogP contribution in [0, 0.1) is 11.7 Å². The molecule has 0 spiro atoms. The number of benzene rings is 1. The van der Waals surface area contributed by atoms with Crippen LogP contribution in [-0.4, -0.2) is 29.6 Å². The Bertz CT molecular complexity index is 931. The first-order valence-electron chi connectivity index (χ1n) is 9.88. The Kier molecular flexibility index (Phi) is 8.67. The van der Waals surface area contributed by atoms with E-state index in [9.17, 15) is 22.4 Å². The molecule has 0 bridgehead atoms. The Morgan fingerprint density at radius 3 is 2.41 bits per heavy atom. The summed E-state index contributed by atoms with van der Waals surface area (Å²) in [5, 5.41) is 5.13. The van der Waals surface area contributed by atoms with E-state index in [1.165, 1.54) is 30.3 Å². The summed E-state index contributed by atoms with van der Waals surface area (Å²) < 4.78 is 52.7. The molecule has 0 saturated heterocycles. The lowest BCUT2D eigenvalue weighted by Crippen LogP contribution is -2.50. The van der Waals surface area contributed by atoms with E-state index in [1.807, 2.05) is 13.8 Å². The van der Waals surface area contributed by atoms with Crippen LogP contribution in [-0.2, 0) is 6.18 Å². The van der Waals surface area contributed by atoms with E-state index in [4.69, 9.17) is 11.5 Å². The van der Waals surface area contributed by atoms with Gasteiger partial charge in [0.1, 0.15) is 5.82 Å². The summed E-state index contributed by atoms with van der Waals surface area (Å²) in [6, 6.07) is 7.32. The number of aliphatic imine (C=N–C) groups is 1. The van der Waals surface area contributed by atoms with Crippen LogP contribution in [0.25, 0.3) is 0 Å². The highest BCUT2D eigenvalue weighted by Gasteiger charge is 2.37. The maximum atomic E-state index is 13.2. The van der Waals surface area contributed by atoms with E-state index in [2.05, 4.69) is 20.6 Å². The number of carbonyl (C=O) groups is 1. The van der Waals surface area contributed by atoms with Crippen LogP contribution in [0.2, 0.25) is 0 Å². The second kappa shape index (κ2) is 11.0. The van der Waals surface area contributed by atoms with Gasteiger partial charge < -0.3 is 16.8 Å². The number of nitrogens with zero attached hydrogens (tertiary/aromatic N) is 2. The number of hydrogen-bond acceptors (Lipinski definition) is 5. The SMILES string of the molecule is CC(C)CN=C(NC(=O)c1cccnc1C(F)(F)F)NC(N)CC(N)c1ccc(F)cc1. The minimum atomic E-state index is -4.80. The van der Waals surface area contributed by atoms with E-state index in [0.717, 1.165) is 12.3 Å². The molecule has 2 rings (SSSR count). The fraction of sp³-hybridized carbons (Fsp3) is 0.381. The zero-order chi connectivity index (χ0) is 23.9. The summed E-state index contributed by atoms with van der Waals surface area (Å²) >= 11 is 0. The van der Waals surface area contributed by atoms with E-state index in [1.54, 1.807) is 0 Å². The van der Waals surface area contributed by atoms with Crippen LogP contribution in [0.4, 0.5) is 17.6 Å². The Balaban J connectivity index is 2.14. The second-order valence-electron chi connectivity index (χ2n) is 7.58. The van der Waals surface area contributed by atoms with Gasteiger partial charge in [0.2, 0.25) is 0 Å². The lowest BCUT2D eigenvalue weighted by molar-refractivity contribution is -0.141. The Labute approximate surface area is 183 Å². The van der Waals surface area contributed by atoms with Gasteiger partial charge in [-0.2, -0.15) is 13.2 Å². The van der Waals surface area contributed by atoms with Crippen molar-refractivity contribution in [2.24, 2.45) is 22.4 Å². The average molecular weight is 454 g/mol. The van der Waals surface area contributed by atoms with E-state index in [-0.39, 0.29) is 18.3 Å². The lowest BCUT2D eigenvalue weighted by Gasteiger charge is -2.21. The van der Waals surface area contributed by atoms with Gasteiger partial charge >= 0.3 is 6.18 Å². The number of rotatable bonds is 7. The molecule has 2 aromatic rings. The van der Waals surface area contributed by atoms with Crippen molar-refractivity contribution in [3.63, 3.8) is 0 Å². The molecular formula is C21H26F4N6O. The molecule has 1 aromatic carbocycles. The van der Waals surface area contributed by atoms with Gasteiger partial charge in [-0.1, -0.05) is 26.0 Å². The summed E-state index contributed by atoms with van der Waals surface area (Å²) in [4.78, 5) is 20.0. The number of guanidine groups is 1. The minimum Gasteiger partial charge on any atom is -0.341 e. The summed E-state index contributed by atoms with van der Waals surface area (Å²) in [6.45, 7) is 4.06. The standard InChI is InChI=1S/C21H26F4N6O/c1-12(2)11-29-20(30-17(27)10-16(26)13-5-7-14(22)8-6-13)31-19(32)15-4-3-9-28-18(15)21(23,24)25/h3-9,12,16-17H,10-11,26-27H2,1-2H3,(H2,29,30,31,32). The first-order valence-corrected chi connectivity index (χ1v) is 9.88. The van der Waals surface area contributed by atoms with E-state index < -0.39 is 41.4 Å². The van der Waals surface area contributed by atoms with Crippen molar-refractivity contribution in [1.29, 1.82) is 0 Å². The van der Waals surface area contributed by atoms with Crippen LogP contribution < -0.4 is 22.1 Å². The molecule has 0 radical (unpaired) electrons. The molecule has 0 saturated carbocycles. The van der Waals surface area contributed by atoms with Crippen LogP contribution in [0.1, 0.15) is 47.9 Å². The number of pyridine rings is 1. The molecule has 0 aliphatic heterocycles. The van der Waals surface area contributed by atoms with Crippen LogP contribution in [0.5, 0.6) is 0 Å². The van der Waals surface area contributed by atoms with Crippen molar-refractivity contribution in [2.45, 2.75) is 38.7 Å². The number of carbonyl (C=O) groups excluding carboxylic acids is 1. The quantitative estimate of drug-likeness (QED) is 0.222. The molecule has 7 nitrogen and oxygen atoms in total. The normalized spacial score (nSPS) is 14.2. The first-order chi connectivity index (χ1) is 15.0. The molecule has 11 heteroatoms.